The lowest BCUT2D eigenvalue weighted by Crippen LogP contribution is -2.62. The summed E-state index contributed by atoms with van der Waals surface area (Å²) in [5.41, 5.74) is 2.33. The standard InChI is InChI=1S/C25H26F2N2O5/c1-24(22(31)32)12-6-7-13-29(24)21(30)25(26,27)15-28-23(33)34-14-20-18-10-4-2-8-16(18)17-9-3-5-11-19(17)20/h2-5,8-11,20H,6-7,12-15H2,1H3,(H,28,33)(H,31,32). The number of nitrogens with one attached hydrogen (secondary N) is 1. The lowest BCUT2D eigenvalue weighted by atomic mass is 9.88. The van der Waals surface area contributed by atoms with Crippen LogP contribution in [-0.4, -0.2) is 59.1 Å². The maximum atomic E-state index is 14.6. The summed E-state index contributed by atoms with van der Waals surface area (Å²) in [6.45, 7) is -0.152. The minimum atomic E-state index is -3.97. The number of hydrogen-bond acceptors (Lipinski definition) is 4. The molecule has 1 unspecified atom stereocenters. The number of alkyl halides is 2. The largest absolute Gasteiger partial charge is 0.480 e. The Morgan fingerprint density at radius 2 is 1.68 bits per heavy atom. The number of fused-ring (bicyclic) bond motifs is 3. The van der Waals surface area contributed by atoms with Gasteiger partial charge in [0.25, 0.3) is 5.91 Å². The number of nitrogens with zero attached hydrogens (tertiary/aromatic N) is 1. The van der Waals surface area contributed by atoms with E-state index in [0.717, 1.165) is 22.3 Å². The van der Waals surface area contributed by atoms with Crippen molar-refractivity contribution in [2.24, 2.45) is 0 Å². The summed E-state index contributed by atoms with van der Waals surface area (Å²) in [6.07, 6.45) is -0.0288. The van der Waals surface area contributed by atoms with Crippen LogP contribution in [0.5, 0.6) is 0 Å². The van der Waals surface area contributed by atoms with Gasteiger partial charge >= 0.3 is 18.0 Å². The number of carboxylic acids is 1. The Kier molecular flexibility index (Phi) is 6.29. The molecule has 4 rings (SSSR count). The fraction of sp³-hybridized carbons (Fsp3) is 0.400. The predicted octanol–water partition coefficient (Wildman–Crippen LogP) is 4.02. The third kappa shape index (κ3) is 4.22. The van der Waals surface area contributed by atoms with Crippen molar-refractivity contribution in [3.8, 4) is 11.1 Å². The Balaban J connectivity index is 1.38. The zero-order valence-corrected chi connectivity index (χ0v) is 18.7. The second-order valence-electron chi connectivity index (χ2n) is 8.88. The molecule has 0 radical (unpaired) electrons. The van der Waals surface area contributed by atoms with Crippen LogP contribution in [0.15, 0.2) is 48.5 Å². The molecule has 7 nitrogen and oxygen atoms in total. The third-order valence-electron chi connectivity index (χ3n) is 6.71. The van der Waals surface area contributed by atoms with Gasteiger partial charge in [0.2, 0.25) is 0 Å². The fourth-order valence-electron chi connectivity index (χ4n) is 4.77. The zero-order valence-electron chi connectivity index (χ0n) is 18.7. The van der Waals surface area contributed by atoms with Crippen molar-refractivity contribution in [3.63, 3.8) is 0 Å². The smallest absolute Gasteiger partial charge is 0.407 e. The minimum absolute atomic E-state index is 0.0530. The van der Waals surface area contributed by atoms with E-state index in [2.05, 4.69) is 0 Å². The average Bonchev–Trinajstić information content (AvgIpc) is 3.15. The summed E-state index contributed by atoms with van der Waals surface area (Å²) in [6, 6.07) is 15.4. The van der Waals surface area contributed by atoms with Crippen molar-refractivity contribution in [1.29, 1.82) is 0 Å². The van der Waals surface area contributed by atoms with E-state index in [1.807, 2.05) is 53.8 Å². The second kappa shape index (κ2) is 9.04. The first kappa shape index (κ1) is 23.7. The van der Waals surface area contributed by atoms with Crippen molar-refractivity contribution in [2.75, 3.05) is 19.7 Å². The quantitative estimate of drug-likeness (QED) is 0.662. The fourth-order valence-corrected chi connectivity index (χ4v) is 4.77. The molecule has 1 aliphatic heterocycles. The number of hydrogen-bond donors (Lipinski definition) is 2. The monoisotopic (exact) mass is 472 g/mol. The maximum Gasteiger partial charge on any atom is 0.407 e. The van der Waals surface area contributed by atoms with E-state index in [1.165, 1.54) is 6.92 Å². The van der Waals surface area contributed by atoms with Crippen LogP contribution in [0.2, 0.25) is 0 Å². The van der Waals surface area contributed by atoms with Crippen LogP contribution in [0.3, 0.4) is 0 Å². The van der Waals surface area contributed by atoms with E-state index in [-0.39, 0.29) is 25.5 Å². The molecule has 180 valence electrons. The van der Waals surface area contributed by atoms with Gasteiger partial charge in [0, 0.05) is 12.5 Å². The van der Waals surface area contributed by atoms with Crippen molar-refractivity contribution in [1.82, 2.24) is 10.2 Å². The number of piperidine rings is 1. The predicted molar refractivity (Wildman–Crippen MR) is 120 cm³/mol. The lowest BCUT2D eigenvalue weighted by Gasteiger charge is -2.42. The Bertz CT molecular complexity index is 1080. The SMILES string of the molecule is CC1(C(=O)O)CCCCN1C(=O)C(F)(F)CNC(=O)OCC1c2ccccc2-c2ccccc21. The highest BCUT2D eigenvalue weighted by molar-refractivity contribution is 5.91. The zero-order chi connectivity index (χ0) is 24.5. The van der Waals surface area contributed by atoms with Crippen LogP contribution in [-0.2, 0) is 14.3 Å². The van der Waals surface area contributed by atoms with E-state index in [4.69, 9.17) is 4.74 Å². The van der Waals surface area contributed by atoms with Gasteiger partial charge in [-0.1, -0.05) is 48.5 Å². The van der Waals surface area contributed by atoms with Crippen LogP contribution in [0.4, 0.5) is 13.6 Å². The molecule has 34 heavy (non-hydrogen) atoms. The molecule has 2 amide bonds. The van der Waals surface area contributed by atoms with Crippen molar-refractivity contribution in [3.05, 3.63) is 59.7 Å². The number of alkyl carbamates (subject to hydrolysis) is 1. The number of likely N-dealkylation sites (tertiary alicyclic amines) is 1. The summed E-state index contributed by atoms with van der Waals surface area (Å²) >= 11 is 0. The minimum Gasteiger partial charge on any atom is -0.480 e. The molecule has 1 saturated heterocycles. The lowest BCUT2D eigenvalue weighted by molar-refractivity contribution is -0.174. The Hall–Kier alpha value is -3.49. The second-order valence-corrected chi connectivity index (χ2v) is 8.88. The van der Waals surface area contributed by atoms with E-state index >= 15 is 0 Å². The summed E-state index contributed by atoms with van der Waals surface area (Å²) < 4.78 is 34.5. The molecule has 0 spiro atoms. The maximum absolute atomic E-state index is 14.6. The number of aliphatic carboxylic acids is 1. The molecule has 1 fully saturated rings. The van der Waals surface area contributed by atoms with E-state index in [1.54, 1.807) is 0 Å². The van der Waals surface area contributed by atoms with Crippen molar-refractivity contribution in [2.45, 2.75) is 43.6 Å². The summed E-state index contributed by atoms with van der Waals surface area (Å²) in [4.78, 5) is 37.1. The molecule has 0 aromatic heterocycles. The van der Waals surface area contributed by atoms with Gasteiger partial charge in [0.1, 0.15) is 12.1 Å². The number of ether oxygens (including phenoxy) is 1. The topological polar surface area (TPSA) is 95.9 Å². The molecule has 2 aromatic rings. The van der Waals surface area contributed by atoms with E-state index in [9.17, 15) is 28.3 Å². The molecule has 0 bridgehead atoms. The van der Waals surface area contributed by atoms with Crippen molar-refractivity contribution >= 4 is 18.0 Å². The molecule has 2 aliphatic rings. The highest BCUT2D eigenvalue weighted by Crippen LogP contribution is 2.44. The molecular formula is C25H26F2N2O5. The summed E-state index contributed by atoms with van der Waals surface area (Å²) in [5, 5.41) is 11.5. The van der Waals surface area contributed by atoms with Crippen LogP contribution in [0.1, 0.15) is 43.2 Å². The van der Waals surface area contributed by atoms with Crippen LogP contribution < -0.4 is 5.32 Å². The van der Waals surface area contributed by atoms with Gasteiger partial charge in [-0.25, -0.2) is 9.59 Å². The van der Waals surface area contributed by atoms with Crippen LogP contribution in [0, 0.1) is 0 Å². The van der Waals surface area contributed by atoms with Gasteiger partial charge in [0.15, 0.2) is 0 Å². The number of rotatable bonds is 6. The molecule has 0 saturated carbocycles. The Morgan fingerprint density at radius 3 is 2.26 bits per heavy atom. The highest BCUT2D eigenvalue weighted by Gasteiger charge is 2.52. The van der Waals surface area contributed by atoms with Crippen LogP contribution in [0.25, 0.3) is 11.1 Å². The van der Waals surface area contributed by atoms with Gasteiger partial charge in [-0.2, -0.15) is 8.78 Å². The number of amides is 2. The number of benzene rings is 2. The Labute approximate surface area is 195 Å². The summed E-state index contributed by atoms with van der Waals surface area (Å²) in [7, 11) is 0. The molecule has 1 atom stereocenters. The first-order valence-corrected chi connectivity index (χ1v) is 11.2. The summed E-state index contributed by atoms with van der Waals surface area (Å²) in [5.74, 6) is -7.15. The third-order valence-corrected chi connectivity index (χ3v) is 6.71. The van der Waals surface area contributed by atoms with Gasteiger partial charge < -0.3 is 20.1 Å². The van der Waals surface area contributed by atoms with Crippen LogP contribution >= 0.6 is 0 Å². The number of halogens is 2. The average molecular weight is 472 g/mol. The van der Waals surface area contributed by atoms with Gasteiger partial charge in [-0.15, -0.1) is 0 Å². The molecular weight excluding hydrogens is 446 g/mol. The number of carboxylic acid groups (broad SMARTS) is 1. The van der Waals surface area contributed by atoms with Gasteiger partial charge in [-0.3, -0.25) is 4.79 Å². The number of carbonyl (C=O) groups excluding carboxylic acids is 2. The molecule has 1 heterocycles. The highest BCUT2D eigenvalue weighted by atomic mass is 19.3. The van der Waals surface area contributed by atoms with Gasteiger partial charge in [-0.05, 0) is 48.4 Å². The van der Waals surface area contributed by atoms with Gasteiger partial charge in [0.05, 0.1) is 6.54 Å². The molecule has 9 heteroatoms. The first-order valence-electron chi connectivity index (χ1n) is 11.2. The molecule has 1 aliphatic carbocycles. The van der Waals surface area contributed by atoms with E-state index < -0.39 is 36.0 Å². The van der Waals surface area contributed by atoms with E-state index in [0.29, 0.717) is 17.7 Å². The first-order chi connectivity index (χ1) is 16.1. The molecule has 2 N–H and O–H groups in total. The van der Waals surface area contributed by atoms with Crippen molar-refractivity contribution < 1.29 is 33.0 Å². The molecule has 2 aromatic carbocycles. The number of carbonyl (C=O) groups is 3. The normalized spacial score (nSPS) is 19.8. The Morgan fingerprint density at radius 1 is 1.09 bits per heavy atom.